The molecule has 0 atom stereocenters. The second kappa shape index (κ2) is 4.92. The zero-order valence-electron chi connectivity index (χ0n) is 10.4. The van der Waals surface area contributed by atoms with Gasteiger partial charge in [-0.25, -0.2) is 4.79 Å². The number of benzene rings is 2. The molecule has 92 valence electrons. The van der Waals surface area contributed by atoms with Crippen LogP contribution in [0.4, 0.5) is 5.69 Å². The van der Waals surface area contributed by atoms with Crippen molar-refractivity contribution in [2.45, 2.75) is 6.92 Å². The van der Waals surface area contributed by atoms with Gasteiger partial charge in [0.05, 0.1) is 5.56 Å². The summed E-state index contributed by atoms with van der Waals surface area (Å²) in [6.45, 7) is 1.81. The predicted octanol–water partition coefficient (Wildman–Crippen LogP) is 3.40. The number of hydrogen-bond acceptors (Lipinski definition) is 2. The first-order valence-corrected chi connectivity index (χ1v) is 5.74. The highest BCUT2D eigenvalue weighted by Gasteiger charge is 2.07. The van der Waals surface area contributed by atoms with Gasteiger partial charge in [0.15, 0.2) is 0 Å². The van der Waals surface area contributed by atoms with Gasteiger partial charge in [0, 0.05) is 12.7 Å². The van der Waals surface area contributed by atoms with Crippen LogP contribution in [0.15, 0.2) is 42.5 Å². The van der Waals surface area contributed by atoms with E-state index >= 15 is 0 Å². The summed E-state index contributed by atoms with van der Waals surface area (Å²) in [7, 11) is 1.88. The number of anilines is 1. The van der Waals surface area contributed by atoms with Gasteiger partial charge in [0.25, 0.3) is 0 Å². The molecule has 0 aromatic heterocycles. The van der Waals surface area contributed by atoms with Crippen molar-refractivity contribution in [3.63, 3.8) is 0 Å². The third kappa shape index (κ3) is 2.35. The Kier molecular flexibility index (Phi) is 3.33. The van der Waals surface area contributed by atoms with E-state index in [9.17, 15) is 4.79 Å². The Morgan fingerprint density at radius 1 is 1.06 bits per heavy atom. The fraction of sp³-hybridized carbons (Fsp3) is 0.133. The zero-order valence-corrected chi connectivity index (χ0v) is 10.4. The van der Waals surface area contributed by atoms with Crippen molar-refractivity contribution in [1.82, 2.24) is 0 Å². The minimum absolute atomic E-state index is 0.352. The Balaban J connectivity index is 2.39. The SMILES string of the molecule is CNc1ccc(-c2ccc(C(=O)O)c(C)c2)cc1. The predicted molar refractivity (Wildman–Crippen MR) is 73.1 cm³/mol. The molecule has 3 heteroatoms. The summed E-state index contributed by atoms with van der Waals surface area (Å²) in [5, 5.41) is 12.1. The molecule has 2 aromatic carbocycles. The Morgan fingerprint density at radius 3 is 2.17 bits per heavy atom. The molecule has 0 amide bonds. The molecule has 0 aliphatic carbocycles. The average molecular weight is 241 g/mol. The molecule has 0 aliphatic rings. The van der Waals surface area contributed by atoms with Crippen molar-refractivity contribution >= 4 is 11.7 Å². The van der Waals surface area contributed by atoms with Crippen molar-refractivity contribution in [2.24, 2.45) is 0 Å². The van der Waals surface area contributed by atoms with Crippen LogP contribution in [0, 0.1) is 6.92 Å². The van der Waals surface area contributed by atoms with E-state index in [-0.39, 0.29) is 0 Å². The number of aromatic carboxylic acids is 1. The molecule has 0 saturated carbocycles. The van der Waals surface area contributed by atoms with E-state index in [1.165, 1.54) is 0 Å². The van der Waals surface area contributed by atoms with Crippen LogP contribution < -0.4 is 5.32 Å². The summed E-state index contributed by atoms with van der Waals surface area (Å²) in [4.78, 5) is 10.9. The lowest BCUT2D eigenvalue weighted by Gasteiger charge is -2.07. The van der Waals surface area contributed by atoms with Gasteiger partial charge in [-0.2, -0.15) is 0 Å². The number of carbonyl (C=O) groups is 1. The quantitative estimate of drug-likeness (QED) is 0.865. The van der Waals surface area contributed by atoms with Crippen molar-refractivity contribution < 1.29 is 9.90 Å². The van der Waals surface area contributed by atoms with Gasteiger partial charge in [-0.05, 0) is 41.8 Å². The summed E-state index contributed by atoms with van der Waals surface area (Å²) in [6.07, 6.45) is 0. The molecule has 0 unspecified atom stereocenters. The van der Waals surface area contributed by atoms with Crippen LogP contribution in [-0.2, 0) is 0 Å². The topological polar surface area (TPSA) is 49.3 Å². The highest BCUT2D eigenvalue weighted by atomic mass is 16.4. The molecule has 2 aromatic rings. The normalized spacial score (nSPS) is 10.1. The first-order valence-electron chi connectivity index (χ1n) is 5.74. The molecule has 18 heavy (non-hydrogen) atoms. The van der Waals surface area contributed by atoms with Crippen LogP contribution in [0.5, 0.6) is 0 Å². The zero-order chi connectivity index (χ0) is 13.1. The van der Waals surface area contributed by atoms with Gasteiger partial charge in [-0.3, -0.25) is 0 Å². The number of carboxylic acid groups (broad SMARTS) is 1. The number of rotatable bonds is 3. The fourth-order valence-electron chi connectivity index (χ4n) is 1.91. The van der Waals surface area contributed by atoms with E-state index in [2.05, 4.69) is 5.32 Å². The maximum absolute atomic E-state index is 10.9. The molecular formula is C15H15NO2. The van der Waals surface area contributed by atoms with Gasteiger partial charge in [0.2, 0.25) is 0 Å². The molecular weight excluding hydrogens is 226 g/mol. The molecule has 0 aliphatic heterocycles. The van der Waals surface area contributed by atoms with Crippen LogP contribution >= 0.6 is 0 Å². The van der Waals surface area contributed by atoms with E-state index in [1.807, 2.05) is 50.4 Å². The highest BCUT2D eigenvalue weighted by Crippen LogP contribution is 2.23. The van der Waals surface area contributed by atoms with Crippen LogP contribution in [0.1, 0.15) is 15.9 Å². The Bertz CT molecular complexity index is 574. The highest BCUT2D eigenvalue weighted by molar-refractivity contribution is 5.90. The lowest BCUT2D eigenvalue weighted by Crippen LogP contribution is -1.99. The lowest BCUT2D eigenvalue weighted by molar-refractivity contribution is 0.0696. The first kappa shape index (κ1) is 12.2. The van der Waals surface area contributed by atoms with Crippen LogP contribution in [0.3, 0.4) is 0 Å². The van der Waals surface area contributed by atoms with E-state index < -0.39 is 5.97 Å². The number of nitrogens with one attached hydrogen (secondary N) is 1. The van der Waals surface area contributed by atoms with Crippen molar-refractivity contribution in [2.75, 3.05) is 12.4 Å². The smallest absolute Gasteiger partial charge is 0.335 e. The summed E-state index contributed by atoms with van der Waals surface area (Å²) < 4.78 is 0. The maximum Gasteiger partial charge on any atom is 0.335 e. The molecule has 0 bridgehead atoms. The maximum atomic E-state index is 10.9. The van der Waals surface area contributed by atoms with E-state index in [4.69, 9.17) is 5.11 Å². The molecule has 2 N–H and O–H groups in total. The Morgan fingerprint density at radius 2 is 1.67 bits per heavy atom. The molecule has 0 radical (unpaired) electrons. The standard InChI is InChI=1S/C15H15NO2/c1-10-9-12(5-8-14(10)15(17)18)11-3-6-13(16-2)7-4-11/h3-9,16H,1-2H3,(H,17,18). The number of aryl methyl sites for hydroxylation is 1. The second-order valence-electron chi connectivity index (χ2n) is 4.16. The van der Waals surface area contributed by atoms with E-state index in [0.717, 1.165) is 22.4 Å². The number of carboxylic acids is 1. The lowest BCUT2D eigenvalue weighted by atomic mass is 10.00. The van der Waals surface area contributed by atoms with Gasteiger partial charge >= 0.3 is 5.97 Å². The average Bonchev–Trinajstić information content (AvgIpc) is 2.38. The molecule has 2 rings (SSSR count). The van der Waals surface area contributed by atoms with Crippen LogP contribution in [-0.4, -0.2) is 18.1 Å². The van der Waals surface area contributed by atoms with Gasteiger partial charge in [-0.15, -0.1) is 0 Å². The van der Waals surface area contributed by atoms with Gasteiger partial charge < -0.3 is 10.4 Å². The van der Waals surface area contributed by atoms with Crippen molar-refractivity contribution in [3.8, 4) is 11.1 Å². The van der Waals surface area contributed by atoms with Gasteiger partial charge in [-0.1, -0.05) is 24.3 Å². The van der Waals surface area contributed by atoms with Crippen LogP contribution in [0.25, 0.3) is 11.1 Å². The molecule has 0 heterocycles. The summed E-state index contributed by atoms with van der Waals surface area (Å²) in [6, 6.07) is 13.4. The van der Waals surface area contributed by atoms with Crippen LogP contribution in [0.2, 0.25) is 0 Å². The molecule has 0 saturated heterocycles. The number of hydrogen-bond donors (Lipinski definition) is 2. The van der Waals surface area contributed by atoms with Crippen molar-refractivity contribution in [3.05, 3.63) is 53.6 Å². The van der Waals surface area contributed by atoms with E-state index in [1.54, 1.807) is 6.07 Å². The Labute approximate surface area is 106 Å². The molecule has 3 nitrogen and oxygen atoms in total. The van der Waals surface area contributed by atoms with E-state index in [0.29, 0.717) is 5.56 Å². The summed E-state index contributed by atoms with van der Waals surface area (Å²) in [5.74, 6) is -0.885. The monoisotopic (exact) mass is 241 g/mol. The van der Waals surface area contributed by atoms with Crippen molar-refractivity contribution in [1.29, 1.82) is 0 Å². The third-order valence-electron chi connectivity index (χ3n) is 2.96. The summed E-state index contributed by atoms with van der Waals surface area (Å²) >= 11 is 0. The minimum atomic E-state index is -0.885. The second-order valence-corrected chi connectivity index (χ2v) is 4.16. The minimum Gasteiger partial charge on any atom is -0.478 e. The largest absolute Gasteiger partial charge is 0.478 e. The van der Waals surface area contributed by atoms with Gasteiger partial charge in [0.1, 0.15) is 0 Å². The molecule has 0 spiro atoms. The molecule has 0 fully saturated rings. The fourth-order valence-corrected chi connectivity index (χ4v) is 1.91. The summed E-state index contributed by atoms with van der Waals surface area (Å²) in [5.41, 5.74) is 4.29. The first-order chi connectivity index (χ1) is 8.61. The Hall–Kier alpha value is -2.29. The third-order valence-corrected chi connectivity index (χ3v) is 2.96.